The van der Waals surface area contributed by atoms with Crippen molar-refractivity contribution < 1.29 is 4.79 Å². The smallest absolute Gasteiger partial charge is 0.227 e. The Morgan fingerprint density at radius 2 is 2.00 bits per heavy atom. The van der Waals surface area contributed by atoms with Crippen LogP contribution in [0.2, 0.25) is 0 Å². The summed E-state index contributed by atoms with van der Waals surface area (Å²) in [4.78, 5) is 16.8. The molecule has 0 bridgehead atoms. The number of hydrogen-bond donors (Lipinski definition) is 0. The lowest BCUT2D eigenvalue weighted by Crippen LogP contribution is -2.42. The maximum absolute atomic E-state index is 12.3. The fourth-order valence-corrected chi connectivity index (χ4v) is 2.52. The molecule has 0 N–H and O–H groups in total. The van der Waals surface area contributed by atoms with Gasteiger partial charge in [0.15, 0.2) is 0 Å². The number of amides is 1. The highest BCUT2D eigenvalue weighted by Gasteiger charge is 2.35. The summed E-state index contributed by atoms with van der Waals surface area (Å²) in [5.41, 5.74) is 0.191. The molecule has 100 valence electrons. The van der Waals surface area contributed by atoms with E-state index in [0.717, 1.165) is 39.0 Å². The van der Waals surface area contributed by atoms with Gasteiger partial charge in [-0.3, -0.25) is 9.69 Å². The molecule has 0 spiro atoms. The maximum atomic E-state index is 12.3. The van der Waals surface area contributed by atoms with E-state index in [0.29, 0.717) is 5.91 Å². The molecule has 1 aliphatic heterocycles. The number of carbonyl (C=O) groups excluding carboxylic acids is 1. The van der Waals surface area contributed by atoms with Crippen molar-refractivity contribution in [2.75, 3.05) is 26.2 Å². The van der Waals surface area contributed by atoms with Gasteiger partial charge in [-0.15, -0.1) is 0 Å². The Hall–Kier alpha value is -0.570. The summed E-state index contributed by atoms with van der Waals surface area (Å²) in [6.45, 7) is 14.6. The van der Waals surface area contributed by atoms with Crippen LogP contribution in [0.15, 0.2) is 0 Å². The van der Waals surface area contributed by atoms with Gasteiger partial charge in [-0.1, -0.05) is 6.92 Å². The second kappa shape index (κ2) is 5.85. The molecule has 0 saturated carbocycles. The molecule has 1 saturated heterocycles. The Balaban J connectivity index is 2.55. The minimum atomic E-state index is 0.191. The standard InChI is InChI=1S/C14H28N2O/c1-6-9-15(7-2)13(17)12-8-10-16(11-12)14(3,4)5/h12H,6-11H2,1-5H3/t12-/m0/s1. The molecule has 17 heavy (non-hydrogen) atoms. The third-order valence-electron chi connectivity index (χ3n) is 3.67. The molecule has 1 rings (SSSR count). The van der Waals surface area contributed by atoms with E-state index in [2.05, 4.69) is 39.5 Å². The zero-order valence-electron chi connectivity index (χ0n) is 12.1. The predicted molar refractivity (Wildman–Crippen MR) is 72.0 cm³/mol. The molecule has 1 aliphatic rings. The number of carbonyl (C=O) groups is 1. The Kier molecular flexibility index (Phi) is 4.99. The second-order valence-electron chi connectivity index (χ2n) is 6.02. The highest BCUT2D eigenvalue weighted by molar-refractivity contribution is 5.79. The molecule has 1 amide bonds. The molecule has 0 radical (unpaired) electrons. The van der Waals surface area contributed by atoms with Crippen molar-refractivity contribution in [2.45, 2.75) is 53.0 Å². The molecule has 3 nitrogen and oxygen atoms in total. The molecule has 0 aromatic carbocycles. The minimum absolute atomic E-state index is 0.191. The third-order valence-corrected chi connectivity index (χ3v) is 3.67. The van der Waals surface area contributed by atoms with E-state index in [9.17, 15) is 4.79 Å². The van der Waals surface area contributed by atoms with E-state index in [1.807, 2.05) is 4.90 Å². The van der Waals surface area contributed by atoms with Crippen molar-refractivity contribution in [3.8, 4) is 0 Å². The molecule has 0 unspecified atom stereocenters. The van der Waals surface area contributed by atoms with Gasteiger partial charge in [0.1, 0.15) is 0 Å². The summed E-state index contributed by atoms with van der Waals surface area (Å²) < 4.78 is 0. The van der Waals surface area contributed by atoms with Gasteiger partial charge in [0.05, 0.1) is 5.92 Å². The van der Waals surface area contributed by atoms with Crippen LogP contribution in [0.3, 0.4) is 0 Å². The monoisotopic (exact) mass is 240 g/mol. The van der Waals surface area contributed by atoms with Crippen LogP contribution in [0.4, 0.5) is 0 Å². The van der Waals surface area contributed by atoms with Crippen LogP contribution in [0.5, 0.6) is 0 Å². The number of hydrogen-bond acceptors (Lipinski definition) is 2. The minimum Gasteiger partial charge on any atom is -0.343 e. The van der Waals surface area contributed by atoms with Gasteiger partial charge in [-0.25, -0.2) is 0 Å². The normalized spacial score (nSPS) is 21.8. The molecule has 0 aromatic rings. The lowest BCUT2D eigenvalue weighted by molar-refractivity contribution is -0.135. The Labute approximate surface area is 106 Å². The number of rotatable bonds is 4. The highest BCUT2D eigenvalue weighted by atomic mass is 16.2. The quantitative estimate of drug-likeness (QED) is 0.753. The van der Waals surface area contributed by atoms with Crippen LogP contribution >= 0.6 is 0 Å². The molecular formula is C14H28N2O. The van der Waals surface area contributed by atoms with Gasteiger partial charge in [0.25, 0.3) is 0 Å². The number of nitrogens with zero attached hydrogens (tertiary/aromatic N) is 2. The first-order valence-corrected chi connectivity index (χ1v) is 6.94. The summed E-state index contributed by atoms with van der Waals surface area (Å²) in [7, 11) is 0. The summed E-state index contributed by atoms with van der Waals surface area (Å²) in [5, 5.41) is 0. The van der Waals surface area contributed by atoms with Crippen molar-refractivity contribution in [1.82, 2.24) is 9.80 Å². The summed E-state index contributed by atoms with van der Waals surface area (Å²) in [5.74, 6) is 0.585. The Bertz CT molecular complexity index is 257. The Morgan fingerprint density at radius 1 is 1.35 bits per heavy atom. The maximum Gasteiger partial charge on any atom is 0.227 e. The largest absolute Gasteiger partial charge is 0.343 e. The van der Waals surface area contributed by atoms with Crippen LogP contribution in [-0.4, -0.2) is 47.4 Å². The molecular weight excluding hydrogens is 212 g/mol. The molecule has 0 aromatic heterocycles. The van der Waals surface area contributed by atoms with E-state index < -0.39 is 0 Å². The van der Waals surface area contributed by atoms with Crippen LogP contribution in [-0.2, 0) is 4.79 Å². The first kappa shape index (κ1) is 14.5. The van der Waals surface area contributed by atoms with Crippen LogP contribution in [0, 0.1) is 5.92 Å². The van der Waals surface area contributed by atoms with Gasteiger partial charge >= 0.3 is 0 Å². The van der Waals surface area contributed by atoms with E-state index in [4.69, 9.17) is 0 Å². The summed E-state index contributed by atoms with van der Waals surface area (Å²) in [6.07, 6.45) is 2.08. The second-order valence-corrected chi connectivity index (χ2v) is 6.02. The van der Waals surface area contributed by atoms with Gasteiger partial charge in [0.2, 0.25) is 5.91 Å². The first-order valence-electron chi connectivity index (χ1n) is 6.94. The zero-order chi connectivity index (χ0) is 13.1. The SMILES string of the molecule is CCCN(CC)C(=O)[C@H]1CCN(C(C)(C)C)C1. The van der Waals surface area contributed by atoms with Crippen LogP contribution < -0.4 is 0 Å². The fraction of sp³-hybridized carbons (Fsp3) is 0.929. The average molecular weight is 240 g/mol. The molecule has 3 heteroatoms. The highest BCUT2D eigenvalue weighted by Crippen LogP contribution is 2.25. The van der Waals surface area contributed by atoms with Gasteiger partial charge in [-0.05, 0) is 47.1 Å². The predicted octanol–water partition coefficient (Wildman–Crippen LogP) is 2.37. The summed E-state index contributed by atoms with van der Waals surface area (Å²) in [6, 6.07) is 0. The molecule has 1 heterocycles. The molecule has 1 atom stereocenters. The van der Waals surface area contributed by atoms with Crippen molar-refractivity contribution in [1.29, 1.82) is 0 Å². The van der Waals surface area contributed by atoms with Crippen molar-refractivity contribution in [2.24, 2.45) is 5.92 Å². The lowest BCUT2D eigenvalue weighted by atomic mass is 10.1. The van der Waals surface area contributed by atoms with Gasteiger partial charge in [0, 0.05) is 25.2 Å². The van der Waals surface area contributed by atoms with Gasteiger partial charge in [-0.2, -0.15) is 0 Å². The molecule has 0 aliphatic carbocycles. The third kappa shape index (κ3) is 3.70. The van der Waals surface area contributed by atoms with E-state index in [1.54, 1.807) is 0 Å². The fourth-order valence-electron chi connectivity index (χ4n) is 2.52. The molecule has 1 fully saturated rings. The van der Waals surface area contributed by atoms with Crippen LogP contribution in [0.25, 0.3) is 0 Å². The van der Waals surface area contributed by atoms with Crippen molar-refractivity contribution >= 4 is 5.91 Å². The Morgan fingerprint density at radius 3 is 2.41 bits per heavy atom. The van der Waals surface area contributed by atoms with E-state index in [1.165, 1.54) is 0 Å². The van der Waals surface area contributed by atoms with E-state index in [-0.39, 0.29) is 11.5 Å². The van der Waals surface area contributed by atoms with Gasteiger partial charge < -0.3 is 4.90 Å². The summed E-state index contributed by atoms with van der Waals surface area (Å²) >= 11 is 0. The zero-order valence-corrected chi connectivity index (χ0v) is 12.1. The van der Waals surface area contributed by atoms with Crippen LogP contribution in [0.1, 0.15) is 47.5 Å². The van der Waals surface area contributed by atoms with E-state index >= 15 is 0 Å². The van der Waals surface area contributed by atoms with Crippen molar-refractivity contribution in [3.05, 3.63) is 0 Å². The van der Waals surface area contributed by atoms with Crippen molar-refractivity contribution in [3.63, 3.8) is 0 Å². The first-order chi connectivity index (χ1) is 7.90. The lowest BCUT2D eigenvalue weighted by Gasteiger charge is -2.32. The average Bonchev–Trinajstić information content (AvgIpc) is 2.73. The topological polar surface area (TPSA) is 23.6 Å². The number of likely N-dealkylation sites (tertiary alicyclic amines) is 1.